The highest BCUT2D eigenvalue weighted by atomic mass is 16.1. The minimum absolute atomic E-state index is 0.0185. The fourth-order valence-corrected chi connectivity index (χ4v) is 1.92. The van der Waals surface area contributed by atoms with Crippen molar-refractivity contribution < 1.29 is 4.79 Å². The lowest BCUT2D eigenvalue weighted by atomic mass is 10.1. The highest BCUT2D eigenvalue weighted by Gasteiger charge is 2.08. The third-order valence-electron chi connectivity index (χ3n) is 3.08. The van der Waals surface area contributed by atoms with Gasteiger partial charge < -0.3 is 15.5 Å². The summed E-state index contributed by atoms with van der Waals surface area (Å²) in [6.45, 7) is 3.76. The average Bonchev–Trinajstić information content (AvgIpc) is 2.37. The van der Waals surface area contributed by atoms with Crippen LogP contribution >= 0.6 is 0 Å². The Morgan fingerprint density at radius 3 is 2.58 bits per heavy atom. The van der Waals surface area contributed by atoms with Crippen molar-refractivity contribution in [1.29, 1.82) is 0 Å². The lowest BCUT2D eigenvalue weighted by Crippen LogP contribution is -2.26. The van der Waals surface area contributed by atoms with Crippen molar-refractivity contribution >= 4 is 11.6 Å². The molecule has 0 aliphatic heterocycles. The molecular weight excluding hydrogens is 238 g/mol. The van der Waals surface area contributed by atoms with Gasteiger partial charge in [0.05, 0.1) is 0 Å². The van der Waals surface area contributed by atoms with Crippen molar-refractivity contribution in [2.24, 2.45) is 0 Å². The number of carbonyl (C=O) groups is 1. The molecule has 2 N–H and O–H groups in total. The minimum Gasteiger partial charge on any atom is -0.388 e. The first-order valence-electron chi connectivity index (χ1n) is 6.76. The first-order chi connectivity index (χ1) is 9.04. The SMILES string of the molecule is CNc1ccc(C(=O)NCCCCN(C)C)c(C)c1. The Morgan fingerprint density at radius 1 is 1.26 bits per heavy atom. The van der Waals surface area contributed by atoms with E-state index in [1.807, 2.05) is 32.2 Å². The molecule has 0 aliphatic carbocycles. The van der Waals surface area contributed by atoms with E-state index in [4.69, 9.17) is 0 Å². The van der Waals surface area contributed by atoms with Crippen LogP contribution in [0.1, 0.15) is 28.8 Å². The van der Waals surface area contributed by atoms with Crippen LogP contribution in [0.4, 0.5) is 5.69 Å². The van der Waals surface area contributed by atoms with E-state index in [2.05, 4.69) is 29.6 Å². The van der Waals surface area contributed by atoms with Crippen molar-refractivity contribution in [2.75, 3.05) is 39.5 Å². The molecule has 1 aromatic carbocycles. The summed E-state index contributed by atoms with van der Waals surface area (Å²) in [6.07, 6.45) is 2.11. The number of unbranched alkanes of at least 4 members (excludes halogenated alkanes) is 1. The highest BCUT2D eigenvalue weighted by molar-refractivity contribution is 5.96. The van der Waals surface area contributed by atoms with E-state index in [1.165, 1.54) is 0 Å². The van der Waals surface area contributed by atoms with Gasteiger partial charge in [-0.25, -0.2) is 0 Å². The molecule has 0 radical (unpaired) electrons. The normalized spacial score (nSPS) is 10.6. The number of nitrogens with one attached hydrogen (secondary N) is 2. The molecule has 1 rings (SSSR count). The first kappa shape index (κ1) is 15.5. The van der Waals surface area contributed by atoms with Gasteiger partial charge >= 0.3 is 0 Å². The second-order valence-corrected chi connectivity index (χ2v) is 5.05. The molecule has 1 aromatic rings. The standard InChI is InChI=1S/C15H25N3O/c1-12-11-13(16-2)7-8-14(12)15(19)17-9-5-6-10-18(3)4/h7-8,11,16H,5-6,9-10H2,1-4H3,(H,17,19). The van der Waals surface area contributed by atoms with Crippen LogP contribution in [0.25, 0.3) is 0 Å². The smallest absolute Gasteiger partial charge is 0.251 e. The predicted octanol–water partition coefficient (Wildman–Crippen LogP) is 2.11. The van der Waals surface area contributed by atoms with Crippen LogP contribution in [0.2, 0.25) is 0 Å². The van der Waals surface area contributed by atoms with Crippen molar-refractivity contribution in [3.05, 3.63) is 29.3 Å². The summed E-state index contributed by atoms with van der Waals surface area (Å²) in [7, 11) is 6.00. The van der Waals surface area contributed by atoms with Crippen LogP contribution < -0.4 is 10.6 Å². The lowest BCUT2D eigenvalue weighted by molar-refractivity contribution is 0.0952. The van der Waals surface area contributed by atoms with E-state index in [0.717, 1.165) is 42.7 Å². The average molecular weight is 263 g/mol. The zero-order valence-electron chi connectivity index (χ0n) is 12.4. The second-order valence-electron chi connectivity index (χ2n) is 5.05. The number of benzene rings is 1. The van der Waals surface area contributed by atoms with Gasteiger partial charge in [-0.2, -0.15) is 0 Å². The third-order valence-corrected chi connectivity index (χ3v) is 3.08. The van der Waals surface area contributed by atoms with Gasteiger partial charge in [-0.3, -0.25) is 4.79 Å². The molecule has 0 atom stereocenters. The zero-order valence-corrected chi connectivity index (χ0v) is 12.4. The molecule has 0 saturated heterocycles. The van der Waals surface area contributed by atoms with Crippen LogP contribution in [0.3, 0.4) is 0 Å². The number of amides is 1. The molecule has 0 bridgehead atoms. The molecule has 0 aromatic heterocycles. The summed E-state index contributed by atoms with van der Waals surface area (Å²) >= 11 is 0. The fraction of sp³-hybridized carbons (Fsp3) is 0.533. The van der Waals surface area contributed by atoms with E-state index >= 15 is 0 Å². The quantitative estimate of drug-likeness (QED) is 0.741. The molecule has 1 amide bonds. The largest absolute Gasteiger partial charge is 0.388 e. The summed E-state index contributed by atoms with van der Waals surface area (Å²) in [5.41, 5.74) is 2.78. The number of carbonyl (C=O) groups excluding carboxylic acids is 1. The highest BCUT2D eigenvalue weighted by Crippen LogP contribution is 2.14. The fourth-order valence-electron chi connectivity index (χ4n) is 1.92. The first-order valence-corrected chi connectivity index (χ1v) is 6.76. The number of hydrogen-bond acceptors (Lipinski definition) is 3. The maximum Gasteiger partial charge on any atom is 0.251 e. The molecule has 106 valence electrons. The van der Waals surface area contributed by atoms with Gasteiger partial charge in [-0.15, -0.1) is 0 Å². The van der Waals surface area contributed by atoms with E-state index < -0.39 is 0 Å². The topological polar surface area (TPSA) is 44.4 Å². The van der Waals surface area contributed by atoms with E-state index in [-0.39, 0.29) is 5.91 Å². The number of anilines is 1. The Morgan fingerprint density at radius 2 is 2.00 bits per heavy atom. The summed E-state index contributed by atoms with van der Waals surface area (Å²) in [5.74, 6) is 0.0185. The monoisotopic (exact) mass is 263 g/mol. The van der Waals surface area contributed by atoms with Crippen molar-refractivity contribution in [3.63, 3.8) is 0 Å². The molecule has 0 fully saturated rings. The van der Waals surface area contributed by atoms with Gasteiger partial charge in [-0.1, -0.05) is 0 Å². The van der Waals surface area contributed by atoms with Crippen LogP contribution in [0, 0.1) is 6.92 Å². The second kappa shape index (κ2) is 7.79. The minimum atomic E-state index is 0.0185. The van der Waals surface area contributed by atoms with Crippen molar-refractivity contribution in [1.82, 2.24) is 10.2 Å². The van der Waals surface area contributed by atoms with Gasteiger partial charge in [0.1, 0.15) is 0 Å². The summed E-state index contributed by atoms with van der Waals surface area (Å²) in [5, 5.41) is 6.04. The van der Waals surface area contributed by atoms with Crippen LogP contribution in [0.5, 0.6) is 0 Å². The zero-order chi connectivity index (χ0) is 14.3. The van der Waals surface area contributed by atoms with E-state index in [0.29, 0.717) is 0 Å². The molecule has 0 spiro atoms. The lowest BCUT2D eigenvalue weighted by Gasteiger charge is -2.11. The van der Waals surface area contributed by atoms with E-state index in [1.54, 1.807) is 0 Å². The number of rotatable bonds is 7. The predicted molar refractivity (Wildman–Crippen MR) is 80.8 cm³/mol. The van der Waals surface area contributed by atoms with E-state index in [9.17, 15) is 4.79 Å². The van der Waals surface area contributed by atoms with Crippen molar-refractivity contribution in [2.45, 2.75) is 19.8 Å². The maximum atomic E-state index is 12.0. The molecule has 0 heterocycles. The van der Waals surface area contributed by atoms with Gasteiger partial charge in [0.2, 0.25) is 0 Å². The maximum absolute atomic E-state index is 12.0. The Hall–Kier alpha value is -1.55. The third kappa shape index (κ3) is 5.30. The Labute approximate surface area is 116 Å². The molecule has 19 heavy (non-hydrogen) atoms. The van der Waals surface area contributed by atoms with Gasteiger partial charge in [0, 0.05) is 24.8 Å². The van der Waals surface area contributed by atoms with Crippen LogP contribution in [-0.4, -0.2) is 45.0 Å². The van der Waals surface area contributed by atoms with Crippen LogP contribution in [0.15, 0.2) is 18.2 Å². The molecular formula is C15H25N3O. The molecule has 0 aliphatic rings. The number of hydrogen-bond donors (Lipinski definition) is 2. The number of aryl methyl sites for hydroxylation is 1. The summed E-state index contributed by atoms with van der Waals surface area (Å²) in [6, 6.07) is 5.78. The number of nitrogens with zero attached hydrogens (tertiary/aromatic N) is 1. The Balaban J connectivity index is 2.41. The molecule has 0 unspecified atom stereocenters. The summed E-state index contributed by atoms with van der Waals surface area (Å²) < 4.78 is 0. The Kier molecular flexibility index (Phi) is 6.36. The Bertz CT molecular complexity index is 416. The van der Waals surface area contributed by atoms with Crippen molar-refractivity contribution in [3.8, 4) is 0 Å². The summed E-state index contributed by atoms with van der Waals surface area (Å²) in [4.78, 5) is 14.2. The van der Waals surface area contributed by atoms with Crippen LogP contribution in [-0.2, 0) is 0 Å². The molecule has 4 nitrogen and oxygen atoms in total. The van der Waals surface area contributed by atoms with Gasteiger partial charge in [0.15, 0.2) is 0 Å². The molecule has 4 heteroatoms. The van der Waals surface area contributed by atoms with Gasteiger partial charge in [0.25, 0.3) is 5.91 Å². The van der Waals surface area contributed by atoms with Gasteiger partial charge in [-0.05, 0) is 64.2 Å². The molecule has 0 saturated carbocycles.